The molecule has 1 unspecified atom stereocenters. The smallest absolute Gasteiger partial charge is 0.136 e. The largest absolute Gasteiger partial charge is 0.383 e. The molecule has 106 valence electrons. The summed E-state index contributed by atoms with van der Waals surface area (Å²) in [4.78, 5) is 4.76. The average molecular weight is 291 g/mol. The molecule has 1 heterocycles. The lowest BCUT2D eigenvalue weighted by molar-refractivity contribution is 0.598. The highest BCUT2D eigenvalue weighted by Crippen LogP contribution is 2.23. The van der Waals surface area contributed by atoms with E-state index in [2.05, 4.69) is 10.3 Å². The Labute approximate surface area is 122 Å². The number of anilines is 1. The Balaban J connectivity index is 1.96. The molecule has 0 saturated heterocycles. The number of nitrogens with one attached hydrogen (secondary N) is 1. The first kappa shape index (κ1) is 14.8. The van der Waals surface area contributed by atoms with E-state index in [1.165, 1.54) is 17.8 Å². The summed E-state index contributed by atoms with van der Waals surface area (Å²) in [5.41, 5.74) is 6.86. The van der Waals surface area contributed by atoms with Gasteiger partial charge in [0.15, 0.2) is 0 Å². The van der Waals surface area contributed by atoms with Gasteiger partial charge in [0.1, 0.15) is 11.6 Å². The maximum Gasteiger partial charge on any atom is 0.136 e. The number of rotatable bonds is 6. The van der Waals surface area contributed by atoms with Crippen molar-refractivity contribution >= 4 is 17.6 Å². The molecule has 0 aliphatic carbocycles. The van der Waals surface area contributed by atoms with Gasteiger partial charge in [0.05, 0.1) is 0 Å². The van der Waals surface area contributed by atoms with E-state index in [1.807, 2.05) is 25.2 Å². The molecule has 1 aromatic carbocycles. The number of thioether (sulfide) groups is 1. The number of hydrogen-bond acceptors (Lipinski definition) is 4. The number of nitrogens with two attached hydrogens (primary N) is 1. The van der Waals surface area contributed by atoms with Crippen molar-refractivity contribution in [3.63, 3.8) is 0 Å². The van der Waals surface area contributed by atoms with Crippen LogP contribution in [0.3, 0.4) is 0 Å². The van der Waals surface area contributed by atoms with E-state index < -0.39 is 0 Å². The fraction of sp³-hybridized carbons (Fsp3) is 0.267. The zero-order chi connectivity index (χ0) is 14.4. The Morgan fingerprint density at radius 1 is 1.30 bits per heavy atom. The van der Waals surface area contributed by atoms with E-state index in [9.17, 15) is 4.39 Å². The van der Waals surface area contributed by atoms with Crippen LogP contribution in [0.1, 0.15) is 5.56 Å². The van der Waals surface area contributed by atoms with Crippen LogP contribution in [0.25, 0.3) is 0 Å². The van der Waals surface area contributed by atoms with Crippen molar-refractivity contribution in [2.24, 2.45) is 0 Å². The molecule has 0 fully saturated rings. The fourth-order valence-corrected chi connectivity index (χ4v) is 2.93. The number of halogens is 1. The van der Waals surface area contributed by atoms with Gasteiger partial charge in [0.25, 0.3) is 0 Å². The van der Waals surface area contributed by atoms with Crippen LogP contribution in [0.15, 0.2) is 47.5 Å². The Hall–Kier alpha value is -1.59. The summed E-state index contributed by atoms with van der Waals surface area (Å²) in [6.07, 6.45) is 2.46. The van der Waals surface area contributed by atoms with Crippen LogP contribution >= 0.6 is 11.8 Å². The second-order valence-electron chi connectivity index (χ2n) is 4.48. The van der Waals surface area contributed by atoms with Crippen molar-refractivity contribution in [1.29, 1.82) is 0 Å². The molecule has 2 aromatic rings. The third kappa shape index (κ3) is 3.95. The molecule has 0 aliphatic rings. The molecule has 1 aromatic heterocycles. The zero-order valence-corrected chi connectivity index (χ0v) is 12.2. The highest BCUT2D eigenvalue weighted by atomic mass is 32.2. The van der Waals surface area contributed by atoms with Gasteiger partial charge in [-0.2, -0.15) is 0 Å². The van der Waals surface area contributed by atoms with Gasteiger partial charge in [-0.05, 0) is 37.2 Å². The lowest BCUT2D eigenvalue weighted by atomic mass is 10.1. The molecule has 0 saturated carbocycles. The standard InChI is InChI=1S/C15H18FN3S/c1-18-12(9-11-5-4-8-19-15(11)17)10-20-14-7-3-2-6-13(14)16/h2-8,12,18H,9-10H2,1H3,(H2,17,19). The average Bonchev–Trinajstić information content (AvgIpc) is 2.47. The molecule has 0 amide bonds. The van der Waals surface area contributed by atoms with E-state index in [0.29, 0.717) is 10.7 Å². The normalized spacial score (nSPS) is 12.3. The van der Waals surface area contributed by atoms with Crippen LogP contribution in [0, 0.1) is 5.82 Å². The van der Waals surface area contributed by atoms with Gasteiger partial charge in [0.2, 0.25) is 0 Å². The third-order valence-electron chi connectivity index (χ3n) is 3.08. The summed E-state index contributed by atoms with van der Waals surface area (Å²) in [7, 11) is 1.90. The summed E-state index contributed by atoms with van der Waals surface area (Å²) < 4.78 is 13.6. The zero-order valence-electron chi connectivity index (χ0n) is 11.3. The third-order valence-corrected chi connectivity index (χ3v) is 4.29. The first-order chi connectivity index (χ1) is 9.70. The van der Waals surface area contributed by atoms with Crippen molar-refractivity contribution in [2.45, 2.75) is 17.4 Å². The second-order valence-corrected chi connectivity index (χ2v) is 5.54. The number of aromatic nitrogens is 1. The summed E-state index contributed by atoms with van der Waals surface area (Å²) >= 11 is 1.51. The molecule has 2 rings (SSSR count). The van der Waals surface area contributed by atoms with Crippen LogP contribution in [-0.4, -0.2) is 23.8 Å². The van der Waals surface area contributed by atoms with E-state index in [4.69, 9.17) is 5.73 Å². The van der Waals surface area contributed by atoms with Gasteiger partial charge >= 0.3 is 0 Å². The fourth-order valence-electron chi connectivity index (χ4n) is 1.89. The monoisotopic (exact) mass is 291 g/mol. The quantitative estimate of drug-likeness (QED) is 0.804. The van der Waals surface area contributed by atoms with Gasteiger partial charge in [0, 0.05) is 22.9 Å². The summed E-state index contributed by atoms with van der Waals surface area (Å²) in [5, 5.41) is 3.24. The van der Waals surface area contributed by atoms with Crippen LogP contribution in [0.5, 0.6) is 0 Å². The molecule has 20 heavy (non-hydrogen) atoms. The molecular formula is C15H18FN3S. The van der Waals surface area contributed by atoms with Crippen molar-refractivity contribution < 1.29 is 4.39 Å². The lowest BCUT2D eigenvalue weighted by Gasteiger charge is -2.16. The van der Waals surface area contributed by atoms with Crippen LogP contribution < -0.4 is 11.1 Å². The number of benzene rings is 1. The minimum Gasteiger partial charge on any atom is -0.383 e. The highest BCUT2D eigenvalue weighted by molar-refractivity contribution is 7.99. The molecule has 3 nitrogen and oxygen atoms in total. The van der Waals surface area contributed by atoms with Crippen LogP contribution in [-0.2, 0) is 6.42 Å². The minimum absolute atomic E-state index is 0.173. The number of nitrogens with zero attached hydrogens (tertiary/aromatic N) is 1. The van der Waals surface area contributed by atoms with Crippen molar-refractivity contribution in [3.8, 4) is 0 Å². The molecule has 5 heteroatoms. The number of likely N-dealkylation sites (N-methyl/N-ethyl adjacent to an activating group) is 1. The number of hydrogen-bond donors (Lipinski definition) is 2. The van der Waals surface area contributed by atoms with Gasteiger partial charge in [-0.25, -0.2) is 9.37 Å². The summed E-state index contributed by atoms with van der Waals surface area (Å²) in [6, 6.07) is 10.9. The van der Waals surface area contributed by atoms with E-state index in [-0.39, 0.29) is 11.9 Å². The lowest BCUT2D eigenvalue weighted by Crippen LogP contribution is -2.30. The van der Waals surface area contributed by atoms with Crippen molar-refractivity contribution in [1.82, 2.24) is 10.3 Å². The molecule has 3 N–H and O–H groups in total. The first-order valence-electron chi connectivity index (χ1n) is 6.44. The maximum atomic E-state index is 13.6. The molecule has 0 radical (unpaired) electrons. The minimum atomic E-state index is -0.173. The number of nitrogen functional groups attached to an aromatic ring is 1. The van der Waals surface area contributed by atoms with Crippen molar-refractivity contribution in [2.75, 3.05) is 18.5 Å². The van der Waals surface area contributed by atoms with Gasteiger partial charge in [-0.1, -0.05) is 18.2 Å². The van der Waals surface area contributed by atoms with Gasteiger partial charge < -0.3 is 11.1 Å². The first-order valence-corrected chi connectivity index (χ1v) is 7.43. The second kappa shape index (κ2) is 7.26. The Bertz CT molecular complexity index is 562. The molecule has 0 bridgehead atoms. The van der Waals surface area contributed by atoms with E-state index in [1.54, 1.807) is 18.3 Å². The topological polar surface area (TPSA) is 50.9 Å². The van der Waals surface area contributed by atoms with Crippen LogP contribution in [0.2, 0.25) is 0 Å². The summed E-state index contributed by atoms with van der Waals surface area (Å²) in [5.74, 6) is 1.16. The van der Waals surface area contributed by atoms with E-state index in [0.717, 1.165) is 17.7 Å². The van der Waals surface area contributed by atoms with E-state index >= 15 is 0 Å². The van der Waals surface area contributed by atoms with Gasteiger partial charge in [-0.3, -0.25) is 0 Å². The Kier molecular flexibility index (Phi) is 5.38. The Morgan fingerprint density at radius 3 is 2.80 bits per heavy atom. The molecule has 0 aliphatic heterocycles. The van der Waals surface area contributed by atoms with Gasteiger partial charge in [-0.15, -0.1) is 11.8 Å². The Morgan fingerprint density at radius 2 is 2.10 bits per heavy atom. The maximum absolute atomic E-state index is 13.6. The molecular weight excluding hydrogens is 273 g/mol. The molecule has 1 atom stereocenters. The SMILES string of the molecule is CNC(CSc1ccccc1F)Cc1cccnc1N. The summed E-state index contributed by atoms with van der Waals surface area (Å²) in [6.45, 7) is 0. The predicted molar refractivity (Wildman–Crippen MR) is 82.3 cm³/mol. The molecule has 0 spiro atoms. The highest BCUT2D eigenvalue weighted by Gasteiger charge is 2.11. The predicted octanol–water partition coefficient (Wildman–Crippen LogP) is 2.73. The van der Waals surface area contributed by atoms with Crippen LogP contribution in [0.4, 0.5) is 10.2 Å². The number of pyridine rings is 1. The van der Waals surface area contributed by atoms with Crippen molar-refractivity contribution in [3.05, 3.63) is 54.0 Å².